The topological polar surface area (TPSA) is 32.3 Å². The highest BCUT2D eigenvalue weighted by Gasteiger charge is 2.53. The highest BCUT2D eigenvalue weighted by Crippen LogP contribution is 2.40. The molecule has 1 amide bonds. The maximum atomic E-state index is 13.1. The van der Waals surface area contributed by atoms with E-state index in [1.807, 2.05) is 0 Å². The van der Waals surface area contributed by atoms with E-state index >= 15 is 0 Å². The molecule has 0 aromatic carbocycles. The summed E-state index contributed by atoms with van der Waals surface area (Å²) in [5, 5.41) is 3.75. The molecule has 1 saturated heterocycles. The van der Waals surface area contributed by atoms with Crippen LogP contribution in [0.3, 0.4) is 0 Å². The van der Waals surface area contributed by atoms with Crippen molar-refractivity contribution in [3.05, 3.63) is 0 Å². The standard InChI is InChI=1S/C17H30N2O/c1-3-8-15-18-17(11-6-7-12-17)16(20)19(15)13(2)14-9-4-5-10-14/h13-15,18H,3-12H2,1-2H3. The van der Waals surface area contributed by atoms with E-state index in [0.717, 1.165) is 31.6 Å². The third-order valence-electron chi connectivity index (χ3n) is 5.96. The van der Waals surface area contributed by atoms with Crippen molar-refractivity contribution in [2.24, 2.45) is 5.92 Å². The SMILES string of the molecule is CCCC1NC2(CCCC2)C(=O)N1C(C)C1CCCC1. The molecule has 0 aromatic rings. The normalized spacial score (nSPS) is 31.6. The van der Waals surface area contributed by atoms with Gasteiger partial charge in [0.25, 0.3) is 0 Å². The van der Waals surface area contributed by atoms with Gasteiger partial charge in [0.1, 0.15) is 0 Å². The summed E-state index contributed by atoms with van der Waals surface area (Å²) < 4.78 is 0. The first kappa shape index (κ1) is 14.4. The number of carbonyl (C=O) groups is 1. The molecule has 3 fully saturated rings. The zero-order chi connectivity index (χ0) is 14.2. The summed E-state index contributed by atoms with van der Waals surface area (Å²) in [6.45, 7) is 4.52. The van der Waals surface area contributed by atoms with E-state index in [1.165, 1.54) is 38.5 Å². The van der Waals surface area contributed by atoms with Gasteiger partial charge in [-0.05, 0) is 44.9 Å². The zero-order valence-electron chi connectivity index (χ0n) is 13.2. The van der Waals surface area contributed by atoms with Crippen molar-refractivity contribution in [1.29, 1.82) is 0 Å². The van der Waals surface area contributed by atoms with Crippen LogP contribution < -0.4 is 5.32 Å². The summed E-state index contributed by atoms with van der Waals surface area (Å²) in [4.78, 5) is 15.3. The Morgan fingerprint density at radius 2 is 1.90 bits per heavy atom. The molecular weight excluding hydrogens is 248 g/mol. The van der Waals surface area contributed by atoms with E-state index in [1.54, 1.807) is 0 Å². The molecule has 0 bridgehead atoms. The van der Waals surface area contributed by atoms with E-state index in [0.29, 0.717) is 18.1 Å². The molecule has 2 aliphatic carbocycles. The second-order valence-corrected chi connectivity index (χ2v) is 7.24. The Morgan fingerprint density at radius 1 is 1.25 bits per heavy atom. The van der Waals surface area contributed by atoms with Crippen molar-refractivity contribution in [1.82, 2.24) is 10.2 Å². The molecule has 3 aliphatic rings. The number of hydrogen-bond donors (Lipinski definition) is 1. The fourth-order valence-corrected chi connectivity index (χ4v) is 4.80. The Balaban J connectivity index is 1.80. The van der Waals surface area contributed by atoms with Crippen LogP contribution in [0.1, 0.15) is 78.1 Å². The molecule has 1 spiro atoms. The van der Waals surface area contributed by atoms with E-state index in [-0.39, 0.29) is 5.54 Å². The van der Waals surface area contributed by atoms with Gasteiger partial charge in [-0.15, -0.1) is 0 Å². The van der Waals surface area contributed by atoms with Gasteiger partial charge in [-0.1, -0.05) is 39.0 Å². The molecule has 3 heteroatoms. The van der Waals surface area contributed by atoms with E-state index < -0.39 is 0 Å². The first-order valence-corrected chi connectivity index (χ1v) is 8.78. The molecule has 2 unspecified atom stereocenters. The molecule has 114 valence electrons. The molecule has 1 aliphatic heterocycles. The molecule has 20 heavy (non-hydrogen) atoms. The second kappa shape index (κ2) is 5.67. The molecule has 1 N–H and O–H groups in total. The largest absolute Gasteiger partial charge is 0.323 e. The molecular formula is C17H30N2O. The molecule has 0 aromatic heterocycles. The smallest absolute Gasteiger partial charge is 0.244 e. The van der Waals surface area contributed by atoms with Crippen molar-refractivity contribution < 1.29 is 4.79 Å². The van der Waals surface area contributed by atoms with Gasteiger partial charge in [-0.2, -0.15) is 0 Å². The van der Waals surface area contributed by atoms with E-state index in [9.17, 15) is 4.79 Å². The average Bonchev–Trinajstić information content (AvgIpc) is 3.15. The van der Waals surface area contributed by atoms with Crippen LogP contribution in [0.25, 0.3) is 0 Å². The van der Waals surface area contributed by atoms with Crippen LogP contribution in [0, 0.1) is 5.92 Å². The summed E-state index contributed by atoms with van der Waals surface area (Å²) in [6.07, 6.45) is 12.4. The molecule has 2 saturated carbocycles. The highest BCUT2D eigenvalue weighted by molar-refractivity contribution is 5.89. The Morgan fingerprint density at radius 3 is 2.50 bits per heavy atom. The van der Waals surface area contributed by atoms with Crippen molar-refractivity contribution in [2.45, 2.75) is 95.8 Å². The lowest BCUT2D eigenvalue weighted by Crippen LogP contribution is -2.46. The predicted octanol–water partition coefficient (Wildman–Crippen LogP) is 3.44. The minimum absolute atomic E-state index is 0.188. The summed E-state index contributed by atoms with van der Waals surface area (Å²) in [6, 6.07) is 0.425. The molecule has 3 nitrogen and oxygen atoms in total. The molecule has 2 atom stereocenters. The van der Waals surface area contributed by atoms with Gasteiger partial charge in [0, 0.05) is 6.04 Å². The number of rotatable bonds is 4. The predicted molar refractivity (Wildman–Crippen MR) is 81.3 cm³/mol. The third kappa shape index (κ3) is 2.28. The number of nitrogens with zero attached hydrogens (tertiary/aromatic N) is 1. The van der Waals surface area contributed by atoms with Gasteiger partial charge in [-0.3, -0.25) is 10.1 Å². The van der Waals surface area contributed by atoms with Crippen LogP contribution >= 0.6 is 0 Å². The lowest BCUT2D eigenvalue weighted by molar-refractivity contribution is -0.136. The van der Waals surface area contributed by atoms with Gasteiger partial charge >= 0.3 is 0 Å². The van der Waals surface area contributed by atoms with Crippen LogP contribution in [0.4, 0.5) is 0 Å². The zero-order valence-corrected chi connectivity index (χ0v) is 13.2. The van der Waals surface area contributed by atoms with Crippen molar-refractivity contribution in [2.75, 3.05) is 0 Å². The van der Waals surface area contributed by atoms with Crippen molar-refractivity contribution in [3.8, 4) is 0 Å². The number of carbonyl (C=O) groups excluding carboxylic acids is 1. The lowest BCUT2D eigenvalue weighted by atomic mass is 9.94. The highest BCUT2D eigenvalue weighted by atomic mass is 16.2. The number of hydrogen-bond acceptors (Lipinski definition) is 2. The van der Waals surface area contributed by atoms with Gasteiger partial charge < -0.3 is 4.90 Å². The monoisotopic (exact) mass is 278 g/mol. The average molecular weight is 278 g/mol. The minimum Gasteiger partial charge on any atom is -0.323 e. The summed E-state index contributed by atoms with van der Waals surface area (Å²) in [5.41, 5.74) is -0.188. The summed E-state index contributed by atoms with van der Waals surface area (Å²) in [7, 11) is 0. The molecule has 3 rings (SSSR count). The Labute approximate surface area is 123 Å². The van der Waals surface area contributed by atoms with Gasteiger partial charge in [0.2, 0.25) is 5.91 Å². The van der Waals surface area contributed by atoms with Crippen molar-refractivity contribution in [3.63, 3.8) is 0 Å². The Kier molecular flexibility index (Phi) is 4.07. The fourth-order valence-electron chi connectivity index (χ4n) is 4.80. The number of amides is 1. The maximum absolute atomic E-state index is 13.1. The second-order valence-electron chi connectivity index (χ2n) is 7.24. The summed E-state index contributed by atoms with van der Waals surface area (Å²) in [5.74, 6) is 1.16. The quantitative estimate of drug-likeness (QED) is 0.854. The van der Waals surface area contributed by atoms with Crippen LogP contribution in [-0.4, -0.2) is 28.6 Å². The van der Waals surface area contributed by atoms with Crippen molar-refractivity contribution >= 4 is 5.91 Å². The van der Waals surface area contributed by atoms with Crippen LogP contribution in [0.5, 0.6) is 0 Å². The first-order chi connectivity index (χ1) is 9.68. The molecule has 0 radical (unpaired) electrons. The maximum Gasteiger partial charge on any atom is 0.244 e. The van der Waals surface area contributed by atoms with Crippen LogP contribution in [0.15, 0.2) is 0 Å². The Bertz CT molecular complexity index is 356. The van der Waals surface area contributed by atoms with Gasteiger partial charge in [0.05, 0.1) is 11.7 Å². The fraction of sp³-hybridized carbons (Fsp3) is 0.941. The third-order valence-corrected chi connectivity index (χ3v) is 5.96. The van der Waals surface area contributed by atoms with Crippen LogP contribution in [0.2, 0.25) is 0 Å². The van der Waals surface area contributed by atoms with E-state index in [4.69, 9.17) is 0 Å². The minimum atomic E-state index is -0.188. The van der Waals surface area contributed by atoms with Crippen LogP contribution in [-0.2, 0) is 4.79 Å². The molecule has 1 heterocycles. The van der Waals surface area contributed by atoms with Gasteiger partial charge in [-0.25, -0.2) is 0 Å². The summed E-state index contributed by atoms with van der Waals surface area (Å²) >= 11 is 0. The lowest BCUT2D eigenvalue weighted by Gasteiger charge is -2.34. The van der Waals surface area contributed by atoms with Gasteiger partial charge in [0.15, 0.2) is 0 Å². The first-order valence-electron chi connectivity index (χ1n) is 8.78. The Hall–Kier alpha value is -0.570. The number of nitrogens with one attached hydrogen (secondary N) is 1. The van der Waals surface area contributed by atoms with E-state index in [2.05, 4.69) is 24.1 Å².